The summed E-state index contributed by atoms with van der Waals surface area (Å²) in [6.45, 7) is 3.81. The third kappa shape index (κ3) is 1.27. The van der Waals surface area contributed by atoms with E-state index < -0.39 is 0 Å². The van der Waals surface area contributed by atoms with Crippen molar-refractivity contribution in [2.24, 2.45) is 11.8 Å². The molecule has 1 aliphatic heterocycles. The van der Waals surface area contributed by atoms with Gasteiger partial charge in [0.05, 0.1) is 0 Å². The molecule has 0 N–H and O–H groups in total. The van der Waals surface area contributed by atoms with Crippen molar-refractivity contribution >= 4 is 11.8 Å². The van der Waals surface area contributed by atoms with Gasteiger partial charge in [0.15, 0.2) is 0 Å². The number of piperidine rings is 1. The zero-order valence-electron chi connectivity index (χ0n) is 7.13. The molecule has 0 bridgehead atoms. The van der Waals surface area contributed by atoms with Crippen molar-refractivity contribution in [2.45, 2.75) is 20.3 Å². The van der Waals surface area contributed by atoms with Crippen LogP contribution >= 0.6 is 0 Å². The van der Waals surface area contributed by atoms with Gasteiger partial charge in [0, 0.05) is 19.4 Å². The highest BCUT2D eigenvalue weighted by Crippen LogP contribution is 2.23. The third-order valence-electron chi connectivity index (χ3n) is 2.44. The summed E-state index contributed by atoms with van der Waals surface area (Å²) in [7, 11) is 1.55. The molecule has 1 rings (SSSR count). The highest BCUT2D eigenvalue weighted by atomic mass is 16.2. The molecule has 0 aromatic heterocycles. The first kappa shape index (κ1) is 8.24. The molecule has 0 spiro atoms. The monoisotopic (exact) mass is 155 g/mol. The summed E-state index contributed by atoms with van der Waals surface area (Å²) in [6.07, 6.45) is 0.503. The zero-order valence-corrected chi connectivity index (χ0v) is 7.13. The zero-order chi connectivity index (χ0) is 8.59. The Kier molecular flexibility index (Phi) is 1.98. The van der Waals surface area contributed by atoms with Crippen LogP contribution in [0.1, 0.15) is 20.3 Å². The lowest BCUT2D eigenvalue weighted by molar-refractivity contribution is -0.151. The maximum Gasteiger partial charge on any atom is 0.232 e. The minimum absolute atomic E-state index is 0.00213. The maximum atomic E-state index is 11.3. The van der Waals surface area contributed by atoms with Crippen LogP contribution in [-0.4, -0.2) is 23.8 Å². The maximum absolute atomic E-state index is 11.3. The lowest BCUT2D eigenvalue weighted by atomic mass is 9.88. The Labute approximate surface area is 66.4 Å². The second kappa shape index (κ2) is 2.64. The van der Waals surface area contributed by atoms with Crippen LogP contribution < -0.4 is 0 Å². The van der Waals surface area contributed by atoms with Gasteiger partial charge in [-0.1, -0.05) is 13.8 Å². The number of hydrogen-bond donors (Lipinski definition) is 0. The molecule has 62 valence electrons. The largest absolute Gasteiger partial charge is 0.286 e. The molecule has 0 aromatic carbocycles. The van der Waals surface area contributed by atoms with Crippen LogP contribution in [0.3, 0.4) is 0 Å². The lowest BCUT2D eigenvalue weighted by Crippen LogP contribution is -2.44. The molecule has 2 amide bonds. The first-order valence-electron chi connectivity index (χ1n) is 3.84. The van der Waals surface area contributed by atoms with Gasteiger partial charge in [0.25, 0.3) is 0 Å². The Balaban J connectivity index is 2.79. The van der Waals surface area contributed by atoms with E-state index in [4.69, 9.17) is 0 Å². The van der Waals surface area contributed by atoms with Crippen LogP contribution in [0.15, 0.2) is 0 Å². The Morgan fingerprint density at radius 3 is 2.45 bits per heavy atom. The fourth-order valence-corrected chi connectivity index (χ4v) is 1.26. The quantitative estimate of drug-likeness (QED) is 0.481. The molecule has 0 aromatic rings. The van der Waals surface area contributed by atoms with Crippen LogP contribution in [0, 0.1) is 11.8 Å². The highest BCUT2D eigenvalue weighted by Gasteiger charge is 2.33. The number of rotatable bonds is 0. The number of nitrogens with zero attached hydrogens (tertiary/aromatic N) is 1. The number of carbonyl (C=O) groups is 2. The summed E-state index contributed by atoms with van der Waals surface area (Å²) in [6, 6.07) is 0. The van der Waals surface area contributed by atoms with E-state index in [1.165, 1.54) is 4.90 Å². The second-order valence-corrected chi connectivity index (χ2v) is 3.26. The molecule has 1 heterocycles. The fraction of sp³-hybridized carbons (Fsp3) is 0.750. The molecule has 11 heavy (non-hydrogen) atoms. The van der Waals surface area contributed by atoms with E-state index in [2.05, 4.69) is 0 Å². The SMILES string of the molecule is CC1CC(=O)N(C)C(=O)C1C. The summed E-state index contributed by atoms with van der Waals surface area (Å²) in [4.78, 5) is 23.5. The van der Waals surface area contributed by atoms with Crippen LogP contribution in [0.5, 0.6) is 0 Å². The van der Waals surface area contributed by atoms with Gasteiger partial charge in [0.2, 0.25) is 11.8 Å². The molecule has 1 fully saturated rings. The fourth-order valence-electron chi connectivity index (χ4n) is 1.26. The summed E-state index contributed by atoms with van der Waals surface area (Å²) in [5.41, 5.74) is 0. The molecule has 1 saturated heterocycles. The van der Waals surface area contributed by atoms with E-state index in [0.29, 0.717) is 6.42 Å². The number of carbonyl (C=O) groups excluding carboxylic acids is 2. The van der Waals surface area contributed by atoms with Gasteiger partial charge >= 0.3 is 0 Å². The summed E-state index contributed by atoms with van der Waals surface area (Å²) < 4.78 is 0. The van der Waals surface area contributed by atoms with Gasteiger partial charge in [-0.2, -0.15) is 0 Å². The van der Waals surface area contributed by atoms with Crippen molar-refractivity contribution < 1.29 is 9.59 Å². The van der Waals surface area contributed by atoms with Crippen LogP contribution in [-0.2, 0) is 9.59 Å². The first-order valence-corrected chi connectivity index (χ1v) is 3.84. The van der Waals surface area contributed by atoms with E-state index in [1.807, 2.05) is 13.8 Å². The molecule has 2 unspecified atom stereocenters. The second-order valence-electron chi connectivity index (χ2n) is 3.26. The minimum Gasteiger partial charge on any atom is -0.286 e. The number of hydrogen-bond acceptors (Lipinski definition) is 2. The minimum atomic E-state index is -0.0550. The Morgan fingerprint density at radius 1 is 1.36 bits per heavy atom. The molecule has 1 aliphatic rings. The van der Waals surface area contributed by atoms with Crippen LogP contribution in [0.4, 0.5) is 0 Å². The molecule has 3 heteroatoms. The van der Waals surface area contributed by atoms with Gasteiger partial charge < -0.3 is 0 Å². The average molecular weight is 155 g/mol. The van der Waals surface area contributed by atoms with E-state index in [-0.39, 0.29) is 23.7 Å². The number of likely N-dealkylation sites (tertiary alicyclic amines) is 1. The van der Waals surface area contributed by atoms with Gasteiger partial charge in [0.1, 0.15) is 0 Å². The average Bonchev–Trinajstić information content (AvgIpc) is 1.97. The first-order chi connectivity index (χ1) is 5.04. The standard InChI is InChI=1S/C8H13NO2/c1-5-4-7(10)9(3)8(11)6(5)2/h5-6H,4H2,1-3H3. The topological polar surface area (TPSA) is 37.4 Å². The summed E-state index contributed by atoms with van der Waals surface area (Å²) in [5.74, 6) is 0.0956. The molecular formula is C8H13NO2. The Morgan fingerprint density at radius 2 is 1.91 bits per heavy atom. The van der Waals surface area contributed by atoms with E-state index in [0.717, 1.165) is 0 Å². The molecule has 0 aliphatic carbocycles. The van der Waals surface area contributed by atoms with Crippen molar-refractivity contribution in [2.75, 3.05) is 7.05 Å². The predicted octanol–water partition coefficient (Wildman–Crippen LogP) is 0.647. The number of amides is 2. The highest BCUT2D eigenvalue weighted by molar-refractivity contribution is 5.98. The predicted molar refractivity (Wildman–Crippen MR) is 40.7 cm³/mol. The third-order valence-corrected chi connectivity index (χ3v) is 2.44. The number of imide groups is 1. The summed E-state index contributed by atoms with van der Waals surface area (Å²) >= 11 is 0. The molecular weight excluding hydrogens is 142 g/mol. The van der Waals surface area contributed by atoms with Crippen molar-refractivity contribution in [1.82, 2.24) is 4.90 Å². The van der Waals surface area contributed by atoms with Gasteiger partial charge in [-0.25, -0.2) is 0 Å². The Bertz CT molecular complexity index is 200. The van der Waals surface area contributed by atoms with Crippen molar-refractivity contribution in [3.8, 4) is 0 Å². The normalized spacial score (nSPS) is 32.8. The van der Waals surface area contributed by atoms with Gasteiger partial charge in [-0.15, -0.1) is 0 Å². The summed E-state index contributed by atoms with van der Waals surface area (Å²) in [5, 5.41) is 0. The smallest absolute Gasteiger partial charge is 0.232 e. The lowest BCUT2D eigenvalue weighted by Gasteiger charge is -2.30. The Hall–Kier alpha value is -0.860. The van der Waals surface area contributed by atoms with Crippen molar-refractivity contribution in [3.05, 3.63) is 0 Å². The van der Waals surface area contributed by atoms with E-state index in [9.17, 15) is 9.59 Å². The van der Waals surface area contributed by atoms with Gasteiger partial charge in [-0.3, -0.25) is 14.5 Å². The van der Waals surface area contributed by atoms with Crippen molar-refractivity contribution in [1.29, 1.82) is 0 Å². The van der Waals surface area contributed by atoms with Crippen LogP contribution in [0.25, 0.3) is 0 Å². The van der Waals surface area contributed by atoms with E-state index >= 15 is 0 Å². The van der Waals surface area contributed by atoms with Crippen molar-refractivity contribution in [3.63, 3.8) is 0 Å². The molecule has 0 saturated carbocycles. The molecule has 2 atom stereocenters. The van der Waals surface area contributed by atoms with E-state index in [1.54, 1.807) is 7.05 Å². The van der Waals surface area contributed by atoms with Gasteiger partial charge in [-0.05, 0) is 5.92 Å². The van der Waals surface area contributed by atoms with Crippen LogP contribution in [0.2, 0.25) is 0 Å². The molecule has 0 radical (unpaired) electrons. The molecule has 3 nitrogen and oxygen atoms in total.